The zero-order chi connectivity index (χ0) is 27.3. The number of rotatable bonds is 9. The van der Waals surface area contributed by atoms with Crippen molar-refractivity contribution in [1.29, 1.82) is 0 Å². The van der Waals surface area contributed by atoms with E-state index in [4.69, 9.17) is 15.2 Å². The summed E-state index contributed by atoms with van der Waals surface area (Å²) in [6, 6.07) is 13.9. The van der Waals surface area contributed by atoms with Crippen LogP contribution in [0.15, 0.2) is 61.2 Å². The quantitative estimate of drug-likeness (QED) is 0.189. The second-order valence-electron chi connectivity index (χ2n) is 8.86. The predicted octanol–water partition coefficient (Wildman–Crippen LogP) is 5.58. The highest BCUT2D eigenvalue weighted by molar-refractivity contribution is 6.09. The summed E-state index contributed by atoms with van der Waals surface area (Å²) in [7, 11) is 0. The Hall–Kier alpha value is -4.66. The molecule has 0 aliphatic carbocycles. The van der Waals surface area contributed by atoms with Crippen molar-refractivity contribution in [3.8, 4) is 17.2 Å². The second kappa shape index (κ2) is 11.4. The predicted molar refractivity (Wildman–Crippen MR) is 145 cm³/mol. The van der Waals surface area contributed by atoms with Crippen molar-refractivity contribution < 1.29 is 29.3 Å². The largest absolute Gasteiger partial charge is 0.508 e. The highest BCUT2D eigenvalue weighted by atomic mass is 16.5. The molecule has 0 unspecified atom stereocenters. The van der Waals surface area contributed by atoms with Crippen LogP contribution >= 0.6 is 0 Å². The second-order valence-corrected chi connectivity index (χ2v) is 8.86. The highest BCUT2D eigenvalue weighted by Gasteiger charge is 2.23. The van der Waals surface area contributed by atoms with Gasteiger partial charge < -0.3 is 36.1 Å². The van der Waals surface area contributed by atoms with Crippen LogP contribution in [0.1, 0.15) is 54.0 Å². The van der Waals surface area contributed by atoms with Gasteiger partial charge in [-0.2, -0.15) is 0 Å². The molecule has 0 spiro atoms. The third kappa shape index (κ3) is 6.72. The molecule has 2 amide bonds. The van der Waals surface area contributed by atoms with Crippen LogP contribution in [0, 0.1) is 0 Å². The number of hydrogen-bond acceptors (Lipinski definition) is 7. The van der Waals surface area contributed by atoms with Crippen LogP contribution in [0.2, 0.25) is 0 Å². The smallest absolute Gasteiger partial charge is 0.259 e. The molecule has 9 heteroatoms. The van der Waals surface area contributed by atoms with Crippen LogP contribution in [0.4, 0.5) is 17.1 Å². The number of phenols is 1. The number of nitrogens with two attached hydrogens (primary N) is 1. The lowest BCUT2D eigenvalue weighted by Crippen LogP contribution is -2.17. The molecule has 0 aliphatic heterocycles. The van der Waals surface area contributed by atoms with Crippen LogP contribution in [0.5, 0.6) is 17.2 Å². The first-order valence-electron chi connectivity index (χ1n) is 11.7. The van der Waals surface area contributed by atoms with Crippen molar-refractivity contribution in [2.75, 3.05) is 16.4 Å². The molecule has 3 aromatic carbocycles. The van der Waals surface area contributed by atoms with E-state index in [9.17, 15) is 19.8 Å². The number of benzene rings is 3. The third-order valence-electron chi connectivity index (χ3n) is 5.08. The zero-order valence-electron chi connectivity index (χ0n) is 21.2. The molecule has 0 aliphatic rings. The van der Waals surface area contributed by atoms with Crippen molar-refractivity contribution >= 4 is 34.6 Å². The van der Waals surface area contributed by atoms with Gasteiger partial charge in [-0.25, -0.2) is 0 Å². The van der Waals surface area contributed by atoms with Gasteiger partial charge >= 0.3 is 0 Å². The van der Waals surface area contributed by atoms with E-state index < -0.39 is 17.6 Å². The average Bonchev–Trinajstić information content (AvgIpc) is 2.82. The van der Waals surface area contributed by atoms with E-state index in [1.54, 1.807) is 56.3 Å². The van der Waals surface area contributed by atoms with Gasteiger partial charge in [0.05, 0.1) is 29.1 Å². The number of anilines is 3. The molecule has 0 aromatic heterocycles. The standard InChI is InChI=1S/C28H31N3O6/c1-15(2)36-24-14-19(17(5)32)8-12-22(24)30-28(35)21-11-13-23(26(25(21)33)37-16(3)4)31-27(34)18-6-9-20(29)10-7-18/h6-16,32-33H,5,29H2,1-4H3,(H,30,35)(H,31,34). The minimum absolute atomic E-state index is 0.0444. The Balaban J connectivity index is 1.93. The lowest BCUT2D eigenvalue weighted by molar-refractivity contribution is 0.101. The number of amides is 2. The molecule has 0 saturated heterocycles. The summed E-state index contributed by atoms with van der Waals surface area (Å²) < 4.78 is 11.5. The fraction of sp³-hybridized carbons (Fsp3) is 0.214. The summed E-state index contributed by atoms with van der Waals surface area (Å²) >= 11 is 0. The number of hydrogen-bond donors (Lipinski definition) is 5. The Labute approximate surface area is 215 Å². The zero-order valence-corrected chi connectivity index (χ0v) is 21.2. The molecule has 0 heterocycles. The summed E-state index contributed by atoms with van der Waals surface area (Å²) in [6.07, 6.45) is -0.567. The molecule has 6 N–H and O–H groups in total. The summed E-state index contributed by atoms with van der Waals surface area (Å²) in [5, 5.41) is 26.1. The van der Waals surface area contributed by atoms with Gasteiger partial charge in [0.2, 0.25) is 0 Å². The fourth-order valence-corrected chi connectivity index (χ4v) is 3.38. The van der Waals surface area contributed by atoms with Crippen molar-refractivity contribution in [2.24, 2.45) is 0 Å². The first-order chi connectivity index (χ1) is 17.5. The number of aliphatic hydroxyl groups is 1. The number of carbonyl (C=O) groups excluding carboxylic acids is 2. The first-order valence-corrected chi connectivity index (χ1v) is 11.7. The van der Waals surface area contributed by atoms with Crippen LogP contribution in [-0.2, 0) is 0 Å². The molecule has 37 heavy (non-hydrogen) atoms. The van der Waals surface area contributed by atoms with Crippen LogP contribution in [-0.4, -0.2) is 34.2 Å². The molecular weight excluding hydrogens is 474 g/mol. The molecule has 0 fully saturated rings. The minimum Gasteiger partial charge on any atom is -0.508 e. The number of phenolic OH excluding ortho intramolecular Hbond substituents is 1. The summed E-state index contributed by atoms with van der Waals surface area (Å²) in [5.41, 5.74) is 7.45. The van der Waals surface area contributed by atoms with Crippen molar-refractivity contribution in [2.45, 2.75) is 39.9 Å². The maximum Gasteiger partial charge on any atom is 0.259 e. The van der Waals surface area contributed by atoms with Gasteiger partial charge in [0.25, 0.3) is 11.8 Å². The maximum absolute atomic E-state index is 13.2. The number of carbonyl (C=O) groups is 2. The normalized spacial score (nSPS) is 10.8. The monoisotopic (exact) mass is 505 g/mol. The summed E-state index contributed by atoms with van der Waals surface area (Å²) in [4.78, 5) is 25.9. The maximum atomic E-state index is 13.2. The van der Waals surface area contributed by atoms with Crippen LogP contribution in [0.25, 0.3) is 5.76 Å². The van der Waals surface area contributed by atoms with Gasteiger partial charge in [0, 0.05) is 16.8 Å². The van der Waals surface area contributed by atoms with E-state index in [0.717, 1.165) is 0 Å². The fourth-order valence-electron chi connectivity index (χ4n) is 3.38. The topological polar surface area (TPSA) is 143 Å². The Bertz CT molecular complexity index is 1320. The van der Waals surface area contributed by atoms with Gasteiger partial charge in [-0.05, 0) is 82.3 Å². The van der Waals surface area contributed by atoms with Gasteiger partial charge in [-0.1, -0.05) is 6.58 Å². The lowest BCUT2D eigenvalue weighted by atomic mass is 10.1. The minimum atomic E-state index is -0.633. The number of nitrogens with one attached hydrogen (secondary N) is 2. The van der Waals surface area contributed by atoms with Crippen molar-refractivity contribution in [1.82, 2.24) is 0 Å². The number of ether oxygens (including phenoxy) is 2. The van der Waals surface area contributed by atoms with E-state index in [-0.39, 0.29) is 35.0 Å². The number of aliphatic hydroxyl groups excluding tert-OH is 1. The van der Waals surface area contributed by atoms with Gasteiger partial charge in [0.1, 0.15) is 11.5 Å². The Morgan fingerprint density at radius 2 is 1.41 bits per heavy atom. The van der Waals surface area contributed by atoms with E-state index >= 15 is 0 Å². The van der Waals surface area contributed by atoms with Crippen molar-refractivity contribution in [3.63, 3.8) is 0 Å². The molecule has 0 bridgehead atoms. The Kier molecular flexibility index (Phi) is 8.29. The highest BCUT2D eigenvalue weighted by Crippen LogP contribution is 2.39. The molecule has 194 valence electrons. The van der Waals surface area contributed by atoms with Crippen molar-refractivity contribution in [3.05, 3.63) is 77.9 Å². The third-order valence-corrected chi connectivity index (χ3v) is 5.08. The SMILES string of the molecule is C=C(O)c1ccc(NC(=O)c2ccc(NC(=O)c3ccc(N)cc3)c(OC(C)C)c2O)c(OC(C)C)c1. The molecule has 0 saturated carbocycles. The molecule has 3 aromatic rings. The first kappa shape index (κ1) is 26.9. The lowest BCUT2D eigenvalue weighted by Gasteiger charge is -2.19. The van der Waals surface area contributed by atoms with E-state index in [2.05, 4.69) is 17.2 Å². The average molecular weight is 506 g/mol. The van der Waals surface area contributed by atoms with Crippen LogP contribution < -0.4 is 25.8 Å². The molecule has 3 rings (SSSR count). The summed E-state index contributed by atoms with van der Waals surface area (Å²) in [6.45, 7) is 10.7. The number of aromatic hydroxyl groups is 1. The van der Waals surface area contributed by atoms with E-state index in [1.807, 2.05) is 13.8 Å². The number of nitrogen functional groups attached to an aromatic ring is 1. The summed E-state index contributed by atoms with van der Waals surface area (Å²) in [5.74, 6) is -1.37. The molecule has 0 radical (unpaired) electrons. The Morgan fingerprint density at radius 3 is 2.00 bits per heavy atom. The van der Waals surface area contributed by atoms with E-state index in [1.165, 1.54) is 12.1 Å². The van der Waals surface area contributed by atoms with Crippen LogP contribution in [0.3, 0.4) is 0 Å². The van der Waals surface area contributed by atoms with Gasteiger partial charge in [-0.15, -0.1) is 0 Å². The van der Waals surface area contributed by atoms with E-state index in [0.29, 0.717) is 28.3 Å². The Morgan fingerprint density at radius 1 is 0.838 bits per heavy atom. The molecular formula is C28H31N3O6. The van der Waals surface area contributed by atoms with Gasteiger partial charge in [0.15, 0.2) is 11.5 Å². The van der Waals surface area contributed by atoms with Gasteiger partial charge in [-0.3, -0.25) is 9.59 Å². The molecule has 0 atom stereocenters. The molecule has 9 nitrogen and oxygen atoms in total.